The van der Waals surface area contributed by atoms with Gasteiger partial charge in [-0.15, -0.1) is 0 Å². The third-order valence-electron chi connectivity index (χ3n) is 4.10. The molecule has 1 aromatic carbocycles. The average molecular weight is 324 g/mol. The van der Waals surface area contributed by atoms with Crippen molar-refractivity contribution < 1.29 is 9.26 Å². The third-order valence-corrected chi connectivity index (χ3v) is 4.10. The second-order valence-electron chi connectivity index (χ2n) is 5.58. The molecule has 1 unspecified atom stereocenters. The standard InChI is InChI=1S/C17H16N4O3/c18-15(11-4-2-1-3-5-11)16-19-17(24-20-16)12-6-7-14(22)21-8-9-23-10-13(12)21/h1-7,15H,8-10,18H2. The Hall–Kier alpha value is -2.77. The van der Waals surface area contributed by atoms with Crippen molar-refractivity contribution in [1.29, 1.82) is 0 Å². The Balaban J connectivity index is 1.72. The minimum atomic E-state index is -0.470. The molecule has 122 valence electrons. The maximum atomic E-state index is 12.0. The summed E-state index contributed by atoms with van der Waals surface area (Å²) in [7, 11) is 0. The maximum absolute atomic E-state index is 12.0. The van der Waals surface area contributed by atoms with E-state index in [4.69, 9.17) is 15.0 Å². The number of pyridine rings is 1. The van der Waals surface area contributed by atoms with Crippen LogP contribution in [0.15, 0.2) is 51.8 Å². The van der Waals surface area contributed by atoms with E-state index in [0.717, 1.165) is 11.3 Å². The van der Waals surface area contributed by atoms with E-state index in [2.05, 4.69) is 10.1 Å². The van der Waals surface area contributed by atoms with E-state index >= 15 is 0 Å². The van der Waals surface area contributed by atoms with Gasteiger partial charge in [0.15, 0.2) is 5.82 Å². The fraction of sp³-hybridized carbons (Fsp3) is 0.235. The number of hydrogen-bond acceptors (Lipinski definition) is 6. The number of rotatable bonds is 3. The molecule has 0 spiro atoms. The van der Waals surface area contributed by atoms with Gasteiger partial charge in [0, 0.05) is 12.6 Å². The van der Waals surface area contributed by atoms with Gasteiger partial charge in [0.05, 0.1) is 30.5 Å². The van der Waals surface area contributed by atoms with Gasteiger partial charge in [-0.05, 0) is 11.6 Å². The summed E-state index contributed by atoms with van der Waals surface area (Å²) in [5.41, 5.74) is 8.50. The normalized spacial score (nSPS) is 15.0. The average Bonchev–Trinajstić information content (AvgIpc) is 3.12. The molecule has 3 heterocycles. The third kappa shape index (κ3) is 2.53. The molecule has 1 aliphatic rings. The van der Waals surface area contributed by atoms with Gasteiger partial charge in [0.2, 0.25) is 0 Å². The van der Waals surface area contributed by atoms with Gasteiger partial charge in [-0.2, -0.15) is 4.98 Å². The lowest BCUT2D eigenvalue weighted by Crippen LogP contribution is -2.29. The Morgan fingerprint density at radius 1 is 1.17 bits per heavy atom. The van der Waals surface area contributed by atoms with Gasteiger partial charge in [-0.1, -0.05) is 35.5 Å². The van der Waals surface area contributed by atoms with Crippen molar-refractivity contribution in [3.05, 3.63) is 69.9 Å². The molecule has 4 rings (SSSR count). The molecule has 0 saturated heterocycles. The zero-order valence-corrected chi connectivity index (χ0v) is 12.9. The van der Waals surface area contributed by atoms with Crippen molar-refractivity contribution in [3.8, 4) is 11.5 Å². The number of hydrogen-bond donors (Lipinski definition) is 1. The lowest BCUT2D eigenvalue weighted by Gasteiger charge is -2.20. The summed E-state index contributed by atoms with van der Waals surface area (Å²) in [6, 6.07) is 12.3. The SMILES string of the molecule is NC(c1ccccc1)c1noc(-c2ccc(=O)n3c2COCC3)n1. The van der Waals surface area contributed by atoms with E-state index in [9.17, 15) is 4.79 Å². The number of nitrogens with zero attached hydrogens (tertiary/aromatic N) is 3. The molecule has 24 heavy (non-hydrogen) atoms. The van der Waals surface area contributed by atoms with Crippen LogP contribution in [0.2, 0.25) is 0 Å². The number of nitrogens with two attached hydrogens (primary N) is 1. The van der Waals surface area contributed by atoms with Gasteiger partial charge in [0.1, 0.15) is 0 Å². The first-order valence-corrected chi connectivity index (χ1v) is 7.69. The van der Waals surface area contributed by atoms with Crippen molar-refractivity contribution in [2.75, 3.05) is 6.61 Å². The molecule has 0 fully saturated rings. The molecule has 0 radical (unpaired) electrons. The maximum Gasteiger partial charge on any atom is 0.259 e. The number of benzene rings is 1. The second kappa shape index (κ2) is 6.03. The molecule has 7 heteroatoms. The lowest BCUT2D eigenvalue weighted by atomic mass is 10.1. The molecule has 3 aromatic rings. The second-order valence-corrected chi connectivity index (χ2v) is 5.58. The highest BCUT2D eigenvalue weighted by Gasteiger charge is 2.22. The monoisotopic (exact) mass is 324 g/mol. The van der Waals surface area contributed by atoms with Gasteiger partial charge in [-0.3, -0.25) is 4.79 Å². The van der Waals surface area contributed by atoms with Crippen LogP contribution < -0.4 is 11.3 Å². The van der Waals surface area contributed by atoms with Crippen molar-refractivity contribution in [1.82, 2.24) is 14.7 Å². The molecule has 0 aliphatic carbocycles. The summed E-state index contributed by atoms with van der Waals surface area (Å²) in [5, 5.41) is 4.00. The topological polar surface area (TPSA) is 96.2 Å². The Morgan fingerprint density at radius 2 is 2.00 bits per heavy atom. The molecule has 0 bridgehead atoms. The molecule has 0 amide bonds. The lowest BCUT2D eigenvalue weighted by molar-refractivity contribution is 0.0828. The van der Waals surface area contributed by atoms with Gasteiger partial charge in [0.25, 0.3) is 11.4 Å². The fourth-order valence-electron chi connectivity index (χ4n) is 2.82. The quantitative estimate of drug-likeness (QED) is 0.784. The molecule has 1 atom stereocenters. The van der Waals surface area contributed by atoms with E-state index in [1.807, 2.05) is 30.3 Å². The van der Waals surface area contributed by atoms with E-state index in [-0.39, 0.29) is 5.56 Å². The molecule has 7 nitrogen and oxygen atoms in total. The zero-order chi connectivity index (χ0) is 16.5. The highest BCUT2D eigenvalue weighted by Crippen LogP contribution is 2.25. The smallest absolute Gasteiger partial charge is 0.259 e. The largest absolute Gasteiger partial charge is 0.373 e. The first kappa shape index (κ1) is 14.8. The summed E-state index contributed by atoms with van der Waals surface area (Å²) in [5.74, 6) is 0.739. The van der Waals surface area contributed by atoms with Crippen LogP contribution >= 0.6 is 0 Å². The van der Waals surface area contributed by atoms with Crippen LogP contribution in [0, 0.1) is 0 Å². The Bertz CT molecular complexity index is 917. The van der Waals surface area contributed by atoms with Crippen molar-refractivity contribution in [2.24, 2.45) is 5.73 Å². The Kier molecular flexibility index (Phi) is 3.72. The zero-order valence-electron chi connectivity index (χ0n) is 12.9. The van der Waals surface area contributed by atoms with Crippen LogP contribution in [0.3, 0.4) is 0 Å². The van der Waals surface area contributed by atoms with Gasteiger partial charge < -0.3 is 19.6 Å². The molecule has 2 aromatic heterocycles. The molecular weight excluding hydrogens is 308 g/mol. The van der Waals surface area contributed by atoms with E-state index < -0.39 is 6.04 Å². The van der Waals surface area contributed by atoms with Crippen LogP contribution in [0.1, 0.15) is 23.1 Å². The minimum Gasteiger partial charge on any atom is -0.373 e. The van der Waals surface area contributed by atoms with Crippen LogP contribution in [-0.2, 0) is 17.9 Å². The minimum absolute atomic E-state index is 0.0576. The first-order valence-electron chi connectivity index (χ1n) is 7.69. The van der Waals surface area contributed by atoms with Crippen LogP contribution in [0.5, 0.6) is 0 Å². The van der Waals surface area contributed by atoms with E-state index in [1.54, 1.807) is 10.6 Å². The molecule has 2 N–H and O–H groups in total. The summed E-state index contributed by atoms with van der Waals surface area (Å²) in [4.78, 5) is 16.4. The fourth-order valence-corrected chi connectivity index (χ4v) is 2.82. The summed E-state index contributed by atoms with van der Waals surface area (Å²) < 4.78 is 12.5. The predicted molar refractivity (Wildman–Crippen MR) is 86.1 cm³/mol. The summed E-state index contributed by atoms with van der Waals surface area (Å²) in [6.45, 7) is 1.38. The Morgan fingerprint density at radius 3 is 2.83 bits per heavy atom. The molecule has 0 saturated carbocycles. The summed E-state index contributed by atoms with van der Waals surface area (Å²) >= 11 is 0. The van der Waals surface area contributed by atoms with Crippen LogP contribution in [-0.4, -0.2) is 21.3 Å². The van der Waals surface area contributed by atoms with Crippen molar-refractivity contribution in [3.63, 3.8) is 0 Å². The van der Waals surface area contributed by atoms with Crippen molar-refractivity contribution in [2.45, 2.75) is 19.2 Å². The van der Waals surface area contributed by atoms with Gasteiger partial charge >= 0.3 is 0 Å². The van der Waals surface area contributed by atoms with E-state index in [1.165, 1.54) is 6.07 Å². The highest BCUT2D eigenvalue weighted by atomic mass is 16.5. The van der Waals surface area contributed by atoms with Gasteiger partial charge in [-0.25, -0.2) is 0 Å². The Labute approximate surface area is 137 Å². The predicted octanol–water partition coefficient (Wildman–Crippen LogP) is 1.48. The highest BCUT2D eigenvalue weighted by molar-refractivity contribution is 5.56. The number of fused-ring (bicyclic) bond motifs is 1. The molecular formula is C17H16N4O3. The number of aromatic nitrogens is 3. The van der Waals surface area contributed by atoms with Crippen LogP contribution in [0.4, 0.5) is 0 Å². The van der Waals surface area contributed by atoms with Crippen molar-refractivity contribution >= 4 is 0 Å². The van der Waals surface area contributed by atoms with Crippen LogP contribution in [0.25, 0.3) is 11.5 Å². The molecule has 1 aliphatic heterocycles. The van der Waals surface area contributed by atoms with E-state index in [0.29, 0.717) is 37.0 Å². The first-order chi connectivity index (χ1) is 11.7. The summed E-state index contributed by atoms with van der Waals surface area (Å²) in [6.07, 6.45) is 0. The number of ether oxygens (including phenoxy) is 1.